The minimum Gasteiger partial charge on any atom is -0.360 e. The Morgan fingerprint density at radius 3 is 2.67 bits per heavy atom. The number of anilines is 1. The Morgan fingerprint density at radius 2 is 2.00 bits per heavy atom. The average molecular weight is 357 g/mol. The van der Waals surface area contributed by atoms with Gasteiger partial charge in [0.1, 0.15) is 5.69 Å². The number of nitrogens with one attached hydrogen (secondary N) is 1. The lowest BCUT2D eigenvalue weighted by Crippen LogP contribution is -2.41. The molecular formula is C15H18F3N5S. The van der Waals surface area contributed by atoms with Gasteiger partial charge in [0, 0.05) is 12.7 Å². The number of halogens is 3. The molecule has 3 heterocycles. The minimum absolute atomic E-state index is 0.358. The molecule has 1 aliphatic heterocycles. The van der Waals surface area contributed by atoms with Gasteiger partial charge >= 0.3 is 6.18 Å². The molecule has 0 atom stereocenters. The first-order chi connectivity index (χ1) is 11.5. The van der Waals surface area contributed by atoms with Gasteiger partial charge in [-0.2, -0.15) is 13.2 Å². The molecule has 0 saturated carbocycles. The van der Waals surface area contributed by atoms with E-state index in [2.05, 4.69) is 20.5 Å². The van der Waals surface area contributed by atoms with Crippen LogP contribution in [0.3, 0.4) is 0 Å². The quantitative estimate of drug-likeness (QED) is 0.890. The first-order valence-corrected chi connectivity index (χ1v) is 8.59. The molecule has 0 aromatic carbocycles. The van der Waals surface area contributed by atoms with Gasteiger partial charge in [0.05, 0.1) is 6.54 Å². The van der Waals surface area contributed by atoms with Crippen LogP contribution in [0.1, 0.15) is 12.8 Å². The molecule has 1 aliphatic rings. The van der Waals surface area contributed by atoms with Gasteiger partial charge in [-0.3, -0.25) is 9.88 Å². The van der Waals surface area contributed by atoms with Gasteiger partial charge in [0.15, 0.2) is 5.01 Å². The first kappa shape index (κ1) is 17.1. The summed E-state index contributed by atoms with van der Waals surface area (Å²) < 4.78 is 37.1. The van der Waals surface area contributed by atoms with E-state index >= 15 is 0 Å². The van der Waals surface area contributed by atoms with E-state index in [4.69, 9.17) is 0 Å². The van der Waals surface area contributed by atoms with E-state index in [0.717, 1.165) is 23.5 Å². The number of likely N-dealkylation sites (tertiary alicyclic amines) is 1. The summed E-state index contributed by atoms with van der Waals surface area (Å²) in [4.78, 5) is 5.71. The Balaban J connectivity index is 1.45. The first-order valence-electron chi connectivity index (χ1n) is 7.77. The van der Waals surface area contributed by atoms with E-state index in [-0.39, 0.29) is 0 Å². The summed E-state index contributed by atoms with van der Waals surface area (Å²) >= 11 is 1.43. The highest BCUT2D eigenvalue weighted by Crippen LogP contribution is 2.26. The maximum Gasteiger partial charge on any atom is 0.401 e. The number of nitrogens with zero attached hydrogens (tertiary/aromatic N) is 4. The van der Waals surface area contributed by atoms with Crippen LogP contribution in [0.4, 0.5) is 18.3 Å². The number of hydrogen-bond acceptors (Lipinski definition) is 6. The van der Waals surface area contributed by atoms with Crippen molar-refractivity contribution in [3.05, 3.63) is 24.4 Å². The topological polar surface area (TPSA) is 53.9 Å². The fourth-order valence-electron chi connectivity index (χ4n) is 2.72. The monoisotopic (exact) mass is 357 g/mol. The maximum atomic E-state index is 12.4. The largest absolute Gasteiger partial charge is 0.401 e. The third-order valence-corrected chi connectivity index (χ3v) is 4.86. The Kier molecular flexibility index (Phi) is 5.30. The average Bonchev–Trinajstić information content (AvgIpc) is 3.03. The SMILES string of the molecule is FC(F)(F)CN1CCC(CNc2nnc(-c3ccccn3)s2)CC1. The summed E-state index contributed by atoms with van der Waals surface area (Å²) in [5, 5.41) is 12.9. The maximum absolute atomic E-state index is 12.4. The Labute approximate surface area is 141 Å². The zero-order valence-corrected chi connectivity index (χ0v) is 13.8. The lowest BCUT2D eigenvalue weighted by Gasteiger charge is -2.32. The van der Waals surface area contributed by atoms with E-state index in [1.807, 2.05) is 18.2 Å². The zero-order valence-electron chi connectivity index (χ0n) is 13.0. The van der Waals surface area contributed by atoms with Gasteiger partial charge in [-0.1, -0.05) is 17.4 Å². The van der Waals surface area contributed by atoms with Crippen molar-refractivity contribution < 1.29 is 13.2 Å². The molecule has 5 nitrogen and oxygen atoms in total. The molecule has 130 valence electrons. The number of piperidine rings is 1. The van der Waals surface area contributed by atoms with Gasteiger partial charge in [0.25, 0.3) is 0 Å². The van der Waals surface area contributed by atoms with Gasteiger partial charge < -0.3 is 5.32 Å². The van der Waals surface area contributed by atoms with Crippen LogP contribution in [0.2, 0.25) is 0 Å². The van der Waals surface area contributed by atoms with Crippen LogP contribution in [0, 0.1) is 5.92 Å². The molecule has 0 unspecified atom stereocenters. The number of rotatable bonds is 5. The number of pyridine rings is 1. The van der Waals surface area contributed by atoms with Crippen molar-refractivity contribution in [3.63, 3.8) is 0 Å². The zero-order chi connectivity index (χ0) is 17.0. The molecule has 0 amide bonds. The van der Waals surface area contributed by atoms with Crippen molar-refractivity contribution in [3.8, 4) is 10.7 Å². The molecule has 1 fully saturated rings. The Morgan fingerprint density at radius 1 is 1.21 bits per heavy atom. The van der Waals surface area contributed by atoms with Crippen molar-refractivity contribution in [2.45, 2.75) is 19.0 Å². The molecular weight excluding hydrogens is 339 g/mol. The van der Waals surface area contributed by atoms with Crippen LogP contribution < -0.4 is 5.32 Å². The van der Waals surface area contributed by atoms with Crippen molar-refractivity contribution in [1.29, 1.82) is 0 Å². The molecule has 2 aromatic heterocycles. The molecule has 24 heavy (non-hydrogen) atoms. The molecule has 9 heteroatoms. The second-order valence-electron chi connectivity index (χ2n) is 5.84. The summed E-state index contributed by atoms with van der Waals surface area (Å²) in [5.74, 6) is 0.358. The summed E-state index contributed by atoms with van der Waals surface area (Å²) in [6.07, 6.45) is -0.887. The third-order valence-electron chi connectivity index (χ3n) is 3.96. The van der Waals surface area contributed by atoms with Gasteiger partial charge in [-0.25, -0.2) is 0 Å². The van der Waals surface area contributed by atoms with Crippen molar-refractivity contribution >= 4 is 16.5 Å². The van der Waals surface area contributed by atoms with E-state index in [1.54, 1.807) is 6.20 Å². The van der Waals surface area contributed by atoms with Gasteiger partial charge in [-0.05, 0) is 44.0 Å². The Hall–Kier alpha value is -1.74. The third kappa shape index (κ3) is 4.88. The fourth-order valence-corrected chi connectivity index (χ4v) is 3.45. The van der Waals surface area contributed by atoms with Crippen molar-refractivity contribution in [1.82, 2.24) is 20.1 Å². The van der Waals surface area contributed by atoms with E-state index < -0.39 is 12.7 Å². The lowest BCUT2D eigenvalue weighted by molar-refractivity contribution is -0.148. The van der Waals surface area contributed by atoms with Gasteiger partial charge in [-0.15, -0.1) is 10.2 Å². The second-order valence-corrected chi connectivity index (χ2v) is 6.82. The van der Waals surface area contributed by atoms with Crippen LogP contribution in [0.25, 0.3) is 10.7 Å². The van der Waals surface area contributed by atoms with Crippen LogP contribution in [-0.2, 0) is 0 Å². The predicted molar refractivity (Wildman–Crippen MR) is 86.8 cm³/mol. The van der Waals surface area contributed by atoms with E-state index in [9.17, 15) is 13.2 Å². The highest BCUT2D eigenvalue weighted by Gasteiger charge is 2.32. The lowest BCUT2D eigenvalue weighted by atomic mass is 9.97. The molecule has 0 radical (unpaired) electrons. The van der Waals surface area contributed by atoms with Crippen LogP contribution in [0.5, 0.6) is 0 Å². The van der Waals surface area contributed by atoms with E-state index in [0.29, 0.717) is 30.7 Å². The van der Waals surface area contributed by atoms with E-state index in [1.165, 1.54) is 16.2 Å². The number of hydrogen-bond donors (Lipinski definition) is 1. The molecule has 2 aromatic rings. The van der Waals surface area contributed by atoms with Crippen LogP contribution >= 0.6 is 11.3 Å². The Bertz CT molecular complexity index is 638. The van der Waals surface area contributed by atoms with Crippen molar-refractivity contribution in [2.75, 3.05) is 31.5 Å². The standard InChI is InChI=1S/C15H18F3N5S/c16-15(17,18)10-23-7-4-11(5-8-23)9-20-14-22-21-13(24-14)12-3-1-2-6-19-12/h1-3,6,11H,4-5,7-10H2,(H,20,22). The smallest absolute Gasteiger partial charge is 0.360 e. The highest BCUT2D eigenvalue weighted by atomic mass is 32.1. The summed E-state index contributed by atoms with van der Waals surface area (Å²) in [6.45, 7) is 0.871. The normalized spacial score (nSPS) is 17.1. The summed E-state index contributed by atoms with van der Waals surface area (Å²) in [7, 11) is 0. The van der Waals surface area contributed by atoms with Crippen molar-refractivity contribution in [2.24, 2.45) is 5.92 Å². The summed E-state index contributed by atoms with van der Waals surface area (Å²) in [5.41, 5.74) is 0.781. The number of aromatic nitrogens is 3. The fraction of sp³-hybridized carbons (Fsp3) is 0.533. The minimum atomic E-state index is -4.11. The van der Waals surface area contributed by atoms with Crippen LogP contribution in [-0.4, -0.2) is 52.4 Å². The predicted octanol–water partition coefficient (Wildman–Crippen LogP) is 3.29. The van der Waals surface area contributed by atoms with Gasteiger partial charge in [0.2, 0.25) is 5.13 Å². The molecule has 0 aliphatic carbocycles. The molecule has 0 spiro atoms. The molecule has 3 rings (SSSR count). The highest BCUT2D eigenvalue weighted by molar-refractivity contribution is 7.18. The number of alkyl halides is 3. The molecule has 1 N–H and O–H groups in total. The summed E-state index contributed by atoms with van der Waals surface area (Å²) in [6, 6.07) is 5.61. The molecule has 1 saturated heterocycles. The van der Waals surface area contributed by atoms with Crippen LogP contribution in [0.15, 0.2) is 24.4 Å². The molecule has 0 bridgehead atoms. The second kappa shape index (κ2) is 7.43.